The predicted octanol–water partition coefficient (Wildman–Crippen LogP) is 1.01. The van der Waals surface area contributed by atoms with Crippen molar-refractivity contribution in [3.8, 4) is 0 Å². The summed E-state index contributed by atoms with van der Waals surface area (Å²) in [5, 5.41) is 12.3. The smallest absolute Gasteiger partial charge is 0.168 e. The molecule has 0 radical (unpaired) electrons. The van der Waals surface area contributed by atoms with E-state index in [1.165, 1.54) is 0 Å². The Balaban J connectivity index is 1.76. The molecule has 7 nitrogen and oxygen atoms in total. The lowest BCUT2D eigenvalue weighted by molar-refractivity contribution is 0.102. The monoisotopic (exact) mass is 290 g/mol. The first-order valence-electron chi connectivity index (χ1n) is 7.49. The van der Waals surface area contributed by atoms with Gasteiger partial charge in [-0.3, -0.25) is 4.90 Å². The number of aromatic nitrogens is 4. The highest BCUT2D eigenvalue weighted by Gasteiger charge is 2.27. The molecule has 2 aromatic heterocycles. The maximum Gasteiger partial charge on any atom is 0.168 e. The highest BCUT2D eigenvalue weighted by Crippen LogP contribution is 2.23. The van der Waals surface area contributed by atoms with Crippen molar-refractivity contribution in [3.05, 3.63) is 30.0 Å². The van der Waals surface area contributed by atoms with Crippen LogP contribution in [0.15, 0.2) is 22.8 Å². The van der Waals surface area contributed by atoms with E-state index in [4.69, 9.17) is 4.42 Å². The SMILES string of the molecule is CC[C@H](c1nnnn1Cc1ccco1)N1CCN(C)CC1. The molecule has 0 spiro atoms. The Kier molecular flexibility index (Phi) is 4.31. The van der Waals surface area contributed by atoms with Gasteiger partial charge in [0.1, 0.15) is 12.3 Å². The van der Waals surface area contributed by atoms with E-state index in [0.717, 1.165) is 44.2 Å². The summed E-state index contributed by atoms with van der Waals surface area (Å²) in [5.41, 5.74) is 0. The van der Waals surface area contributed by atoms with E-state index in [0.29, 0.717) is 6.54 Å². The van der Waals surface area contributed by atoms with Gasteiger partial charge in [0.25, 0.3) is 0 Å². The minimum Gasteiger partial charge on any atom is -0.467 e. The Morgan fingerprint density at radius 2 is 2.10 bits per heavy atom. The molecule has 1 atom stereocenters. The summed E-state index contributed by atoms with van der Waals surface area (Å²) in [6.07, 6.45) is 2.68. The topological polar surface area (TPSA) is 63.2 Å². The molecule has 0 unspecified atom stereocenters. The van der Waals surface area contributed by atoms with E-state index in [-0.39, 0.29) is 6.04 Å². The van der Waals surface area contributed by atoms with Crippen LogP contribution < -0.4 is 0 Å². The standard InChI is InChI=1S/C14H22N6O/c1-3-13(19-8-6-18(2)7-9-19)14-15-16-17-20(14)11-12-5-4-10-21-12/h4-5,10,13H,3,6-9,11H2,1-2H3/t13-/m1/s1. The van der Waals surface area contributed by atoms with Crippen LogP contribution in [0.2, 0.25) is 0 Å². The van der Waals surface area contributed by atoms with Gasteiger partial charge in [-0.05, 0) is 36.0 Å². The summed E-state index contributed by atoms with van der Waals surface area (Å²) in [5.74, 6) is 1.80. The van der Waals surface area contributed by atoms with Crippen LogP contribution >= 0.6 is 0 Å². The minimum absolute atomic E-state index is 0.267. The summed E-state index contributed by atoms with van der Waals surface area (Å²) in [6.45, 7) is 7.08. The van der Waals surface area contributed by atoms with Crippen LogP contribution in [-0.4, -0.2) is 63.2 Å². The number of hydrogen-bond donors (Lipinski definition) is 0. The second kappa shape index (κ2) is 6.36. The first-order valence-corrected chi connectivity index (χ1v) is 7.49. The highest BCUT2D eigenvalue weighted by molar-refractivity contribution is 5.01. The molecule has 1 fully saturated rings. The van der Waals surface area contributed by atoms with Gasteiger partial charge in [0.15, 0.2) is 5.82 Å². The van der Waals surface area contributed by atoms with Crippen molar-refractivity contribution < 1.29 is 4.42 Å². The molecule has 0 aliphatic carbocycles. The summed E-state index contributed by atoms with van der Waals surface area (Å²) >= 11 is 0. The van der Waals surface area contributed by atoms with Crippen molar-refractivity contribution in [2.24, 2.45) is 0 Å². The van der Waals surface area contributed by atoms with Gasteiger partial charge in [-0.15, -0.1) is 5.10 Å². The van der Waals surface area contributed by atoms with Crippen molar-refractivity contribution in [2.45, 2.75) is 25.9 Å². The third-order valence-corrected chi connectivity index (χ3v) is 4.11. The van der Waals surface area contributed by atoms with Crippen LogP contribution in [0.25, 0.3) is 0 Å². The largest absolute Gasteiger partial charge is 0.467 e. The van der Waals surface area contributed by atoms with Crippen molar-refractivity contribution in [3.63, 3.8) is 0 Å². The lowest BCUT2D eigenvalue weighted by Gasteiger charge is -2.36. The fourth-order valence-corrected chi connectivity index (χ4v) is 2.85. The van der Waals surface area contributed by atoms with Gasteiger partial charge in [0.05, 0.1) is 12.3 Å². The van der Waals surface area contributed by atoms with Gasteiger partial charge in [0, 0.05) is 26.2 Å². The number of likely N-dealkylation sites (N-methyl/N-ethyl adjacent to an activating group) is 1. The van der Waals surface area contributed by atoms with E-state index in [1.807, 2.05) is 16.8 Å². The lowest BCUT2D eigenvalue weighted by Crippen LogP contribution is -2.46. The minimum atomic E-state index is 0.267. The normalized spacial score (nSPS) is 19.0. The number of furan rings is 1. The van der Waals surface area contributed by atoms with E-state index in [1.54, 1.807) is 6.26 Å². The van der Waals surface area contributed by atoms with Crippen LogP contribution in [0, 0.1) is 0 Å². The Hall–Kier alpha value is -1.73. The maximum absolute atomic E-state index is 5.40. The average molecular weight is 290 g/mol. The molecule has 3 rings (SSSR count). The van der Waals surface area contributed by atoms with Gasteiger partial charge < -0.3 is 9.32 Å². The maximum atomic E-state index is 5.40. The summed E-state index contributed by atoms with van der Waals surface area (Å²) in [6, 6.07) is 4.10. The molecule has 114 valence electrons. The Bertz CT molecular complexity index is 544. The van der Waals surface area contributed by atoms with E-state index in [9.17, 15) is 0 Å². The molecule has 7 heteroatoms. The van der Waals surface area contributed by atoms with Gasteiger partial charge >= 0.3 is 0 Å². The fourth-order valence-electron chi connectivity index (χ4n) is 2.85. The first kappa shape index (κ1) is 14.2. The van der Waals surface area contributed by atoms with Crippen molar-refractivity contribution >= 4 is 0 Å². The fraction of sp³-hybridized carbons (Fsp3) is 0.643. The molecule has 0 aromatic carbocycles. The molecular formula is C14H22N6O. The van der Waals surface area contributed by atoms with E-state index < -0.39 is 0 Å². The average Bonchev–Trinajstić information content (AvgIpc) is 3.15. The van der Waals surface area contributed by atoms with Crippen molar-refractivity contribution in [2.75, 3.05) is 33.2 Å². The number of hydrogen-bond acceptors (Lipinski definition) is 6. The predicted molar refractivity (Wildman–Crippen MR) is 77.7 cm³/mol. The van der Waals surface area contributed by atoms with Crippen LogP contribution in [0.5, 0.6) is 0 Å². The number of tetrazole rings is 1. The van der Waals surface area contributed by atoms with Gasteiger partial charge in [0.2, 0.25) is 0 Å². The zero-order valence-electron chi connectivity index (χ0n) is 12.6. The molecule has 0 amide bonds. The molecule has 21 heavy (non-hydrogen) atoms. The van der Waals surface area contributed by atoms with Crippen LogP contribution in [0.4, 0.5) is 0 Å². The zero-order chi connectivity index (χ0) is 14.7. The number of nitrogens with zero attached hydrogens (tertiary/aromatic N) is 6. The van der Waals surface area contributed by atoms with Crippen LogP contribution in [0.1, 0.15) is 31.0 Å². The summed E-state index contributed by atoms with van der Waals surface area (Å²) in [4.78, 5) is 4.83. The van der Waals surface area contributed by atoms with E-state index in [2.05, 4.69) is 39.3 Å². The molecule has 2 aromatic rings. The molecule has 1 aliphatic heterocycles. The van der Waals surface area contributed by atoms with E-state index >= 15 is 0 Å². The van der Waals surface area contributed by atoms with Gasteiger partial charge in [-0.2, -0.15) is 0 Å². The van der Waals surface area contributed by atoms with Gasteiger partial charge in [-0.25, -0.2) is 4.68 Å². The van der Waals surface area contributed by atoms with Gasteiger partial charge in [-0.1, -0.05) is 6.92 Å². The third kappa shape index (κ3) is 3.14. The second-order valence-electron chi connectivity index (χ2n) is 5.54. The van der Waals surface area contributed by atoms with Crippen molar-refractivity contribution in [1.29, 1.82) is 0 Å². The highest BCUT2D eigenvalue weighted by atomic mass is 16.3. The Morgan fingerprint density at radius 3 is 2.76 bits per heavy atom. The molecular weight excluding hydrogens is 268 g/mol. The quantitative estimate of drug-likeness (QED) is 0.819. The molecule has 1 aliphatic rings. The number of piperazine rings is 1. The molecule has 0 saturated carbocycles. The summed E-state index contributed by atoms with van der Waals surface area (Å²) in [7, 11) is 2.17. The van der Waals surface area contributed by atoms with Crippen LogP contribution in [-0.2, 0) is 6.54 Å². The molecule has 3 heterocycles. The third-order valence-electron chi connectivity index (χ3n) is 4.11. The molecule has 1 saturated heterocycles. The first-order chi connectivity index (χ1) is 10.3. The summed E-state index contributed by atoms with van der Waals surface area (Å²) < 4.78 is 7.25. The van der Waals surface area contributed by atoms with Crippen LogP contribution in [0.3, 0.4) is 0 Å². The zero-order valence-corrected chi connectivity index (χ0v) is 12.6. The Labute approximate surface area is 124 Å². The lowest BCUT2D eigenvalue weighted by atomic mass is 10.1. The second-order valence-corrected chi connectivity index (χ2v) is 5.54. The Morgan fingerprint density at radius 1 is 1.29 bits per heavy atom. The molecule has 0 bridgehead atoms. The molecule has 0 N–H and O–H groups in total. The van der Waals surface area contributed by atoms with Crippen molar-refractivity contribution in [1.82, 2.24) is 30.0 Å². The number of rotatable bonds is 5.